The Labute approximate surface area is 110 Å². The van der Waals surface area contributed by atoms with E-state index in [-0.39, 0.29) is 5.69 Å². The Hall–Kier alpha value is -1.56. The lowest BCUT2D eigenvalue weighted by atomic mass is 10.1. The summed E-state index contributed by atoms with van der Waals surface area (Å²) in [4.78, 5) is 3.85. The van der Waals surface area contributed by atoms with Crippen molar-refractivity contribution in [2.24, 2.45) is 0 Å². The van der Waals surface area contributed by atoms with Crippen molar-refractivity contribution in [3.05, 3.63) is 52.8 Å². The lowest BCUT2D eigenvalue weighted by molar-refractivity contribution is -0.136. The summed E-state index contributed by atoms with van der Waals surface area (Å²) in [6.07, 6.45) is -1.37. The fourth-order valence-electron chi connectivity index (χ4n) is 1.46. The normalized spacial score (nSPS) is 11.3. The first kappa shape index (κ1) is 12.9. The van der Waals surface area contributed by atoms with Crippen LogP contribution in [0.5, 0.6) is 0 Å². The van der Waals surface area contributed by atoms with Crippen LogP contribution >= 0.6 is 15.9 Å². The highest BCUT2D eigenvalue weighted by Gasteiger charge is 2.33. The molecular weight excluding hydrogens is 309 g/mol. The van der Waals surface area contributed by atoms with Gasteiger partial charge in [0.2, 0.25) is 0 Å². The van der Waals surface area contributed by atoms with Crippen molar-refractivity contribution in [3.8, 4) is 0 Å². The second-order valence-corrected chi connectivity index (χ2v) is 4.38. The van der Waals surface area contributed by atoms with Crippen LogP contribution in [-0.4, -0.2) is 4.98 Å². The van der Waals surface area contributed by atoms with Gasteiger partial charge in [-0.1, -0.05) is 12.1 Å². The van der Waals surface area contributed by atoms with Gasteiger partial charge in [0, 0.05) is 12.4 Å². The molecule has 0 atom stereocenters. The molecular formula is C12H8BrF3N2. The van der Waals surface area contributed by atoms with E-state index in [1.807, 2.05) is 0 Å². The van der Waals surface area contributed by atoms with E-state index in [1.54, 1.807) is 12.1 Å². The average molecular weight is 317 g/mol. The third-order valence-electron chi connectivity index (χ3n) is 2.27. The van der Waals surface area contributed by atoms with Gasteiger partial charge in [-0.05, 0) is 34.1 Å². The molecule has 0 bridgehead atoms. The number of halogens is 4. The number of aromatic nitrogens is 1. The molecule has 0 aliphatic carbocycles. The fraction of sp³-hybridized carbons (Fsp3) is 0.0833. The SMILES string of the molecule is FC(F)(F)c1ccccc1Nc1ccncc1Br. The van der Waals surface area contributed by atoms with Crippen LogP contribution in [0.1, 0.15) is 5.56 Å². The van der Waals surface area contributed by atoms with Crippen LogP contribution in [0.4, 0.5) is 24.5 Å². The van der Waals surface area contributed by atoms with Crippen molar-refractivity contribution < 1.29 is 13.2 Å². The summed E-state index contributed by atoms with van der Waals surface area (Å²) in [5.41, 5.74) is -0.160. The van der Waals surface area contributed by atoms with Crippen LogP contribution in [-0.2, 0) is 6.18 Å². The fourth-order valence-corrected chi connectivity index (χ4v) is 1.81. The quantitative estimate of drug-likeness (QED) is 0.875. The number of nitrogens with one attached hydrogen (secondary N) is 1. The van der Waals surface area contributed by atoms with E-state index in [9.17, 15) is 13.2 Å². The Bertz CT molecular complexity index is 555. The molecule has 1 heterocycles. The molecule has 2 nitrogen and oxygen atoms in total. The summed E-state index contributed by atoms with van der Waals surface area (Å²) < 4.78 is 39.0. The molecule has 1 N–H and O–H groups in total. The zero-order chi connectivity index (χ0) is 13.2. The smallest absolute Gasteiger partial charge is 0.354 e. The van der Waals surface area contributed by atoms with Gasteiger partial charge in [0.1, 0.15) is 0 Å². The second kappa shape index (κ2) is 4.97. The topological polar surface area (TPSA) is 24.9 Å². The molecule has 0 spiro atoms. The molecule has 1 aromatic heterocycles. The minimum Gasteiger partial charge on any atom is -0.354 e. The molecule has 0 saturated carbocycles. The summed E-state index contributed by atoms with van der Waals surface area (Å²) in [6.45, 7) is 0. The zero-order valence-electron chi connectivity index (χ0n) is 9.00. The maximum absolute atomic E-state index is 12.8. The lowest BCUT2D eigenvalue weighted by Crippen LogP contribution is -2.08. The van der Waals surface area contributed by atoms with Crippen LogP contribution < -0.4 is 5.32 Å². The van der Waals surface area contributed by atoms with Crippen molar-refractivity contribution in [3.63, 3.8) is 0 Å². The van der Waals surface area contributed by atoms with E-state index in [0.717, 1.165) is 6.07 Å². The van der Waals surface area contributed by atoms with Gasteiger partial charge in [-0.2, -0.15) is 13.2 Å². The van der Waals surface area contributed by atoms with Crippen molar-refractivity contribution >= 4 is 27.3 Å². The number of anilines is 2. The van der Waals surface area contributed by atoms with Crippen molar-refractivity contribution in [2.45, 2.75) is 6.18 Å². The van der Waals surface area contributed by atoms with E-state index in [0.29, 0.717) is 10.2 Å². The highest BCUT2D eigenvalue weighted by atomic mass is 79.9. The molecule has 18 heavy (non-hydrogen) atoms. The van der Waals surface area contributed by atoms with E-state index in [4.69, 9.17) is 0 Å². The van der Waals surface area contributed by atoms with Gasteiger partial charge in [0.05, 0.1) is 21.4 Å². The molecule has 94 valence electrons. The Balaban J connectivity index is 2.39. The minimum atomic E-state index is -4.39. The number of alkyl halides is 3. The minimum absolute atomic E-state index is 0.0110. The summed E-state index contributed by atoms with van der Waals surface area (Å²) in [5.74, 6) is 0. The third-order valence-corrected chi connectivity index (χ3v) is 2.91. The monoisotopic (exact) mass is 316 g/mol. The number of hydrogen-bond acceptors (Lipinski definition) is 2. The highest BCUT2D eigenvalue weighted by Crippen LogP contribution is 2.36. The van der Waals surface area contributed by atoms with Gasteiger partial charge in [0.15, 0.2) is 0 Å². The van der Waals surface area contributed by atoms with Crippen LogP contribution in [0.15, 0.2) is 47.2 Å². The second-order valence-electron chi connectivity index (χ2n) is 3.52. The predicted molar refractivity (Wildman–Crippen MR) is 66.7 cm³/mol. The van der Waals surface area contributed by atoms with Crippen LogP contribution in [0.3, 0.4) is 0 Å². The summed E-state index contributed by atoms with van der Waals surface area (Å²) in [5, 5.41) is 2.74. The number of nitrogens with zero attached hydrogens (tertiary/aromatic N) is 1. The lowest BCUT2D eigenvalue weighted by Gasteiger charge is -2.14. The van der Waals surface area contributed by atoms with Crippen LogP contribution in [0.2, 0.25) is 0 Å². The third kappa shape index (κ3) is 2.81. The van der Waals surface area contributed by atoms with Gasteiger partial charge < -0.3 is 5.32 Å². The molecule has 0 fully saturated rings. The van der Waals surface area contributed by atoms with E-state index < -0.39 is 11.7 Å². The Morgan fingerprint density at radius 2 is 1.78 bits per heavy atom. The molecule has 0 aliphatic rings. The molecule has 0 radical (unpaired) electrons. The molecule has 0 saturated heterocycles. The molecule has 0 unspecified atom stereocenters. The van der Waals surface area contributed by atoms with Crippen molar-refractivity contribution in [1.29, 1.82) is 0 Å². The number of hydrogen-bond donors (Lipinski definition) is 1. The van der Waals surface area contributed by atoms with Gasteiger partial charge in [-0.15, -0.1) is 0 Å². The Morgan fingerprint density at radius 3 is 2.44 bits per heavy atom. The maximum Gasteiger partial charge on any atom is 0.418 e. The Morgan fingerprint density at radius 1 is 1.06 bits per heavy atom. The summed E-state index contributed by atoms with van der Waals surface area (Å²) in [7, 11) is 0. The maximum atomic E-state index is 12.8. The molecule has 1 aromatic carbocycles. The molecule has 0 amide bonds. The summed E-state index contributed by atoms with van der Waals surface area (Å²) in [6, 6.07) is 6.92. The van der Waals surface area contributed by atoms with Gasteiger partial charge in [-0.3, -0.25) is 4.98 Å². The average Bonchev–Trinajstić information content (AvgIpc) is 2.31. The van der Waals surface area contributed by atoms with Gasteiger partial charge in [-0.25, -0.2) is 0 Å². The highest BCUT2D eigenvalue weighted by molar-refractivity contribution is 9.10. The summed E-state index contributed by atoms with van der Waals surface area (Å²) >= 11 is 3.22. The molecule has 2 aromatic rings. The molecule has 0 aliphatic heterocycles. The van der Waals surface area contributed by atoms with E-state index in [2.05, 4.69) is 26.2 Å². The molecule has 6 heteroatoms. The van der Waals surface area contributed by atoms with E-state index in [1.165, 1.54) is 24.5 Å². The van der Waals surface area contributed by atoms with Gasteiger partial charge >= 0.3 is 6.18 Å². The van der Waals surface area contributed by atoms with Crippen molar-refractivity contribution in [2.75, 3.05) is 5.32 Å². The predicted octanol–water partition coefficient (Wildman–Crippen LogP) is 4.61. The first-order chi connectivity index (χ1) is 8.48. The van der Waals surface area contributed by atoms with E-state index >= 15 is 0 Å². The number of para-hydroxylation sites is 1. The number of rotatable bonds is 2. The van der Waals surface area contributed by atoms with Crippen LogP contribution in [0, 0.1) is 0 Å². The Kier molecular flexibility index (Phi) is 3.56. The largest absolute Gasteiger partial charge is 0.418 e. The molecule has 2 rings (SSSR count). The number of pyridine rings is 1. The zero-order valence-corrected chi connectivity index (χ0v) is 10.6. The number of benzene rings is 1. The first-order valence-corrected chi connectivity index (χ1v) is 5.80. The first-order valence-electron chi connectivity index (χ1n) is 5.01. The van der Waals surface area contributed by atoms with Crippen LogP contribution in [0.25, 0.3) is 0 Å². The standard InChI is InChI=1S/C12H8BrF3N2/c13-9-7-17-6-5-11(9)18-10-4-2-1-3-8(10)12(14,15)16/h1-7H,(H,17,18). The van der Waals surface area contributed by atoms with Gasteiger partial charge in [0.25, 0.3) is 0 Å². The van der Waals surface area contributed by atoms with Crippen molar-refractivity contribution in [1.82, 2.24) is 4.98 Å².